The SMILES string of the molecule is CCOCCOCCC1CCNC1. The smallest absolute Gasteiger partial charge is 0.0700 e. The summed E-state index contributed by atoms with van der Waals surface area (Å²) >= 11 is 0. The van der Waals surface area contributed by atoms with Gasteiger partial charge < -0.3 is 14.8 Å². The maximum Gasteiger partial charge on any atom is 0.0700 e. The molecule has 1 fully saturated rings. The lowest BCUT2D eigenvalue weighted by Crippen LogP contribution is -2.12. The Balaban J connectivity index is 1.78. The van der Waals surface area contributed by atoms with Crippen LogP contribution >= 0.6 is 0 Å². The van der Waals surface area contributed by atoms with E-state index in [-0.39, 0.29) is 0 Å². The summed E-state index contributed by atoms with van der Waals surface area (Å²) in [7, 11) is 0. The van der Waals surface area contributed by atoms with Gasteiger partial charge in [-0.2, -0.15) is 0 Å². The van der Waals surface area contributed by atoms with E-state index in [9.17, 15) is 0 Å². The molecule has 0 aromatic carbocycles. The number of nitrogens with one attached hydrogen (secondary N) is 1. The zero-order valence-electron chi connectivity index (χ0n) is 8.55. The number of hydrogen-bond acceptors (Lipinski definition) is 3. The standard InChI is InChI=1S/C10H21NO2/c1-2-12-7-8-13-6-4-10-3-5-11-9-10/h10-11H,2-9H2,1H3. The first-order chi connectivity index (χ1) is 6.43. The molecule has 1 saturated heterocycles. The number of ether oxygens (including phenoxy) is 2. The highest BCUT2D eigenvalue weighted by molar-refractivity contribution is 4.70. The number of hydrogen-bond donors (Lipinski definition) is 1. The normalized spacial score (nSPS) is 22.4. The summed E-state index contributed by atoms with van der Waals surface area (Å²) in [5.74, 6) is 0.840. The van der Waals surface area contributed by atoms with Gasteiger partial charge in [0.1, 0.15) is 0 Å². The maximum absolute atomic E-state index is 5.44. The zero-order chi connectivity index (χ0) is 9.36. The van der Waals surface area contributed by atoms with Crippen molar-refractivity contribution >= 4 is 0 Å². The predicted molar refractivity (Wildman–Crippen MR) is 52.9 cm³/mol. The van der Waals surface area contributed by atoms with Crippen molar-refractivity contribution in [2.45, 2.75) is 19.8 Å². The van der Waals surface area contributed by atoms with Gasteiger partial charge in [0.15, 0.2) is 0 Å². The predicted octanol–water partition coefficient (Wildman–Crippen LogP) is 1.04. The van der Waals surface area contributed by atoms with E-state index < -0.39 is 0 Å². The van der Waals surface area contributed by atoms with Crippen LogP contribution in [-0.2, 0) is 9.47 Å². The van der Waals surface area contributed by atoms with Crippen LogP contribution in [0.2, 0.25) is 0 Å². The highest BCUT2D eigenvalue weighted by Crippen LogP contribution is 2.11. The van der Waals surface area contributed by atoms with Gasteiger partial charge in [0.25, 0.3) is 0 Å². The van der Waals surface area contributed by atoms with Gasteiger partial charge in [-0.15, -0.1) is 0 Å². The van der Waals surface area contributed by atoms with E-state index in [4.69, 9.17) is 9.47 Å². The van der Waals surface area contributed by atoms with Crippen LogP contribution in [0.5, 0.6) is 0 Å². The molecular weight excluding hydrogens is 166 g/mol. The monoisotopic (exact) mass is 187 g/mol. The van der Waals surface area contributed by atoms with Crippen molar-refractivity contribution in [3.05, 3.63) is 0 Å². The molecule has 0 spiro atoms. The van der Waals surface area contributed by atoms with E-state index in [1.54, 1.807) is 0 Å². The summed E-state index contributed by atoms with van der Waals surface area (Å²) in [5, 5.41) is 3.35. The van der Waals surface area contributed by atoms with Crippen molar-refractivity contribution in [1.29, 1.82) is 0 Å². The molecule has 1 aliphatic rings. The number of rotatable bonds is 7. The van der Waals surface area contributed by atoms with Gasteiger partial charge in [-0.25, -0.2) is 0 Å². The lowest BCUT2D eigenvalue weighted by molar-refractivity contribution is 0.0482. The lowest BCUT2D eigenvalue weighted by Gasteiger charge is -2.08. The lowest BCUT2D eigenvalue weighted by atomic mass is 10.1. The van der Waals surface area contributed by atoms with Crippen molar-refractivity contribution in [2.24, 2.45) is 5.92 Å². The van der Waals surface area contributed by atoms with E-state index in [1.165, 1.54) is 25.9 Å². The Bertz CT molecular complexity index is 113. The topological polar surface area (TPSA) is 30.5 Å². The van der Waals surface area contributed by atoms with Crippen LogP contribution < -0.4 is 5.32 Å². The molecule has 1 aliphatic heterocycles. The van der Waals surface area contributed by atoms with Gasteiger partial charge in [-0.05, 0) is 38.8 Å². The first kappa shape index (κ1) is 11.0. The minimum absolute atomic E-state index is 0.736. The molecule has 0 aromatic rings. The largest absolute Gasteiger partial charge is 0.379 e. The molecule has 1 unspecified atom stereocenters. The fraction of sp³-hybridized carbons (Fsp3) is 1.00. The van der Waals surface area contributed by atoms with Gasteiger partial charge in [-0.1, -0.05) is 0 Å². The van der Waals surface area contributed by atoms with Gasteiger partial charge >= 0.3 is 0 Å². The highest BCUT2D eigenvalue weighted by atomic mass is 16.5. The fourth-order valence-corrected chi connectivity index (χ4v) is 1.58. The van der Waals surface area contributed by atoms with Crippen LogP contribution in [0, 0.1) is 5.92 Å². The van der Waals surface area contributed by atoms with Crippen molar-refractivity contribution in [2.75, 3.05) is 39.5 Å². The summed E-state index contributed by atoms with van der Waals surface area (Å²) in [6.07, 6.45) is 2.51. The molecule has 3 heteroatoms. The Morgan fingerprint density at radius 2 is 2.08 bits per heavy atom. The van der Waals surface area contributed by atoms with Crippen molar-refractivity contribution < 1.29 is 9.47 Å². The molecule has 1 N–H and O–H groups in total. The Morgan fingerprint density at radius 3 is 2.77 bits per heavy atom. The third-order valence-corrected chi connectivity index (χ3v) is 2.41. The zero-order valence-corrected chi connectivity index (χ0v) is 8.55. The van der Waals surface area contributed by atoms with E-state index in [2.05, 4.69) is 5.32 Å². The van der Waals surface area contributed by atoms with Gasteiger partial charge in [0.2, 0.25) is 0 Å². The van der Waals surface area contributed by atoms with Crippen LogP contribution in [0.3, 0.4) is 0 Å². The minimum atomic E-state index is 0.736. The van der Waals surface area contributed by atoms with Crippen LogP contribution in [0.15, 0.2) is 0 Å². The minimum Gasteiger partial charge on any atom is -0.379 e. The molecule has 78 valence electrons. The molecule has 1 rings (SSSR count). The third kappa shape index (κ3) is 5.24. The first-order valence-electron chi connectivity index (χ1n) is 5.29. The molecule has 0 radical (unpaired) electrons. The molecule has 0 aliphatic carbocycles. The second-order valence-electron chi connectivity index (χ2n) is 3.46. The van der Waals surface area contributed by atoms with Crippen LogP contribution in [0.4, 0.5) is 0 Å². The van der Waals surface area contributed by atoms with Gasteiger partial charge in [0, 0.05) is 13.2 Å². The van der Waals surface area contributed by atoms with Crippen molar-refractivity contribution in [3.63, 3.8) is 0 Å². The van der Waals surface area contributed by atoms with Crippen molar-refractivity contribution in [1.82, 2.24) is 5.32 Å². The molecule has 1 atom stereocenters. The average Bonchev–Trinajstić information content (AvgIpc) is 2.63. The van der Waals surface area contributed by atoms with Crippen LogP contribution in [0.25, 0.3) is 0 Å². The quantitative estimate of drug-likeness (QED) is 0.604. The van der Waals surface area contributed by atoms with E-state index in [0.29, 0.717) is 0 Å². The van der Waals surface area contributed by atoms with E-state index >= 15 is 0 Å². The summed E-state index contributed by atoms with van der Waals surface area (Å²) < 4.78 is 10.6. The summed E-state index contributed by atoms with van der Waals surface area (Å²) in [4.78, 5) is 0. The first-order valence-corrected chi connectivity index (χ1v) is 5.29. The summed E-state index contributed by atoms with van der Waals surface area (Å²) in [6, 6.07) is 0. The van der Waals surface area contributed by atoms with Gasteiger partial charge in [-0.3, -0.25) is 0 Å². The van der Waals surface area contributed by atoms with Crippen molar-refractivity contribution in [3.8, 4) is 0 Å². The second kappa shape index (κ2) is 7.30. The summed E-state index contributed by atoms with van der Waals surface area (Å²) in [6.45, 7) is 7.52. The molecule has 13 heavy (non-hydrogen) atoms. The maximum atomic E-state index is 5.44. The molecule has 3 nitrogen and oxygen atoms in total. The van der Waals surface area contributed by atoms with Crippen LogP contribution in [-0.4, -0.2) is 39.5 Å². The molecule has 0 bridgehead atoms. The Hall–Kier alpha value is -0.120. The molecule has 0 aromatic heterocycles. The molecule has 1 heterocycles. The van der Waals surface area contributed by atoms with E-state index in [1.807, 2.05) is 6.92 Å². The Morgan fingerprint density at radius 1 is 1.23 bits per heavy atom. The van der Waals surface area contributed by atoms with Gasteiger partial charge in [0.05, 0.1) is 13.2 Å². The Kier molecular flexibility index (Phi) is 6.15. The second-order valence-corrected chi connectivity index (χ2v) is 3.46. The highest BCUT2D eigenvalue weighted by Gasteiger charge is 2.13. The molecule has 0 saturated carbocycles. The third-order valence-electron chi connectivity index (χ3n) is 2.41. The van der Waals surface area contributed by atoms with E-state index in [0.717, 1.165) is 32.3 Å². The fourth-order valence-electron chi connectivity index (χ4n) is 1.58. The van der Waals surface area contributed by atoms with Crippen LogP contribution in [0.1, 0.15) is 19.8 Å². The molecular formula is C10H21NO2. The summed E-state index contributed by atoms with van der Waals surface area (Å²) in [5.41, 5.74) is 0. The average molecular weight is 187 g/mol. The Labute approximate surface area is 80.8 Å². The molecule has 0 amide bonds.